The van der Waals surface area contributed by atoms with Gasteiger partial charge in [0.1, 0.15) is 5.69 Å². The SMILES string of the molecule is CC.Cc1cc(NC(=O)Nc2cnc3ccnn3c2C2CCCC2)cnc1-c1noc(CCCO)n1. The minimum Gasteiger partial charge on any atom is -0.396 e. The Labute approximate surface area is 209 Å². The van der Waals surface area contributed by atoms with E-state index >= 15 is 0 Å². The van der Waals surface area contributed by atoms with Crippen molar-refractivity contribution in [2.24, 2.45) is 0 Å². The number of carbonyl (C=O) groups excluding carboxylic acids is 1. The Balaban J connectivity index is 0.00000148. The molecule has 0 atom stereocenters. The molecule has 2 amide bonds. The Morgan fingerprint density at radius 3 is 2.75 bits per heavy atom. The molecule has 0 spiro atoms. The molecule has 0 aromatic carbocycles. The van der Waals surface area contributed by atoms with Crippen molar-refractivity contribution >= 4 is 23.1 Å². The number of aromatic nitrogens is 6. The first kappa shape index (κ1) is 25.2. The summed E-state index contributed by atoms with van der Waals surface area (Å²) in [5, 5.41) is 23.1. The number of carbonyl (C=O) groups is 1. The summed E-state index contributed by atoms with van der Waals surface area (Å²) in [6, 6.07) is 3.28. The molecule has 4 aromatic rings. The predicted octanol–water partition coefficient (Wildman–Crippen LogP) is 4.74. The van der Waals surface area contributed by atoms with Gasteiger partial charge >= 0.3 is 6.03 Å². The Morgan fingerprint density at radius 1 is 1.19 bits per heavy atom. The summed E-state index contributed by atoms with van der Waals surface area (Å²) in [4.78, 5) is 26.0. The fourth-order valence-electron chi connectivity index (χ4n) is 4.42. The van der Waals surface area contributed by atoms with E-state index in [9.17, 15) is 4.79 Å². The molecular weight excluding hydrogens is 460 g/mol. The lowest BCUT2D eigenvalue weighted by Crippen LogP contribution is -2.22. The van der Waals surface area contributed by atoms with E-state index < -0.39 is 0 Å². The van der Waals surface area contributed by atoms with Crippen molar-refractivity contribution in [1.29, 1.82) is 0 Å². The maximum Gasteiger partial charge on any atom is 0.323 e. The van der Waals surface area contributed by atoms with E-state index in [1.165, 1.54) is 12.8 Å². The molecule has 5 rings (SSSR count). The second kappa shape index (κ2) is 11.7. The molecule has 0 saturated heterocycles. The van der Waals surface area contributed by atoms with E-state index in [2.05, 4.69) is 35.8 Å². The van der Waals surface area contributed by atoms with Gasteiger partial charge < -0.3 is 20.3 Å². The average molecular weight is 493 g/mol. The molecule has 11 heteroatoms. The lowest BCUT2D eigenvalue weighted by atomic mass is 10.0. The monoisotopic (exact) mass is 492 g/mol. The highest BCUT2D eigenvalue weighted by molar-refractivity contribution is 6.00. The van der Waals surface area contributed by atoms with Crippen LogP contribution in [0.2, 0.25) is 0 Å². The Hall–Kier alpha value is -3.86. The number of pyridine rings is 1. The number of aliphatic hydroxyl groups excluding tert-OH is 1. The number of rotatable bonds is 7. The molecule has 0 unspecified atom stereocenters. The highest BCUT2D eigenvalue weighted by Crippen LogP contribution is 2.37. The van der Waals surface area contributed by atoms with Crippen LogP contribution in [-0.2, 0) is 6.42 Å². The maximum atomic E-state index is 12.8. The van der Waals surface area contributed by atoms with Gasteiger partial charge in [0.25, 0.3) is 0 Å². The fourth-order valence-corrected chi connectivity index (χ4v) is 4.42. The highest BCUT2D eigenvalue weighted by atomic mass is 16.5. The van der Waals surface area contributed by atoms with Gasteiger partial charge in [-0.15, -0.1) is 0 Å². The number of hydrogen-bond donors (Lipinski definition) is 3. The molecule has 4 aromatic heterocycles. The van der Waals surface area contributed by atoms with Crippen LogP contribution in [0.5, 0.6) is 0 Å². The van der Waals surface area contributed by atoms with Gasteiger partial charge in [0.05, 0.1) is 35.7 Å². The molecule has 1 saturated carbocycles. The number of nitrogens with zero attached hydrogens (tertiary/aromatic N) is 6. The fraction of sp³-hybridized carbons (Fsp3) is 0.440. The van der Waals surface area contributed by atoms with Gasteiger partial charge in [-0.25, -0.2) is 14.3 Å². The second-order valence-electron chi connectivity index (χ2n) is 8.45. The Kier molecular flexibility index (Phi) is 8.21. The van der Waals surface area contributed by atoms with Gasteiger partial charge in [-0.05, 0) is 37.8 Å². The zero-order valence-corrected chi connectivity index (χ0v) is 20.9. The number of amides is 2. The molecule has 36 heavy (non-hydrogen) atoms. The first-order chi connectivity index (χ1) is 17.6. The van der Waals surface area contributed by atoms with Gasteiger partial charge in [0.2, 0.25) is 11.7 Å². The predicted molar refractivity (Wildman–Crippen MR) is 136 cm³/mol. The quantitative estimate of drug-likeness (QED) is 0.336. The second-order valence-corrected chi connectivity index (χ2v) is 8.45. The third-order valence-electron chi connectivity index (χ3n) is 6.01. The number of fused-ring (bicyclic) bond motifs is 1. The Morgan fingerprint density at radius 2 is 2.00 bits per heavy atom. The van der Waals surface area contributed by atoms with Crippen LogP contribution in [0.15, 0.2) is 35.2 Å². The van der Waals surface area contributed by atoms with Gasteiger partial charge in [-0.3, -0.25) is 4.98 Å². The topological polar surface area (TPSA) is 143 Å². The normalized spacial score (nSPS) is 13.4. The number of urea groups is 1. The number of anilines is 2. The number of aliphatic hydroxyl groups is 1. The summed E-state index contributed by atoms with van der Waals surface area (Å²) in [5.41, 5.74) is 4.31. The third kappa shape index (κ3) is 5.51. The molecule has 1 aliphatic carbocycles. The summed E-state index contributed by atoms with van der Waals surface area (Å²) in [5.74, 6) is 1.16. The minimum atomic E-state index is -0.382. The van der Waals surface area contributed by atoms with Crippen molar-refractivity contribution in [2.45, 2.75) is 65.2 Å². The molecule has 1 fully saturated rings. The average Bonchev–Trinajstić information content (AvgIpc) is 3.66. The lowest BCUT2D eigenvalue weighted by Gasteiger charge is -2.17. The smallest absolute Gasteiger partial charge is 0.323 e. The molecular formula is C25H32N8O3. The van der Waals surface area contributed by atoms with E-state index in [1.54, 1.807) is 24.7 Å². The molecule has 11 nitrogen and oxygen atoms in total. The van der Waals surface area contributed by atoms with Gasteiger partial charge in [0.15, 0.2) is 5.65 Å². The largest absolute Gasteiger partial charge is 0.396 e. The van der Waals surface area contributed by atoms with Crippen LogP contribution in [0.25, 0.3) is 17.2 Å². The summed E-state index contributed by atoms with van der Waals surface area (Å²) >= 11 is 0. The van der Waals surface area contributed by atoms with Crippen LogP contribution in [-0.4, -0.2) is 47.5 Å². The van der Waals surface area contributed by atoms with E-state index in [1.807, 2.05) is 31.4 Å². The third-order valence-corrected chi connectivity index (χ3v) is 6.01. The summed E-state index contributed by atoms with van der Waals surface area (Å²) < 4.78 is 7.04. The summed E-state index contributed by atoms with van der Waals surface area (Å²) in [6.45, 7) is 5.92. The minimum absolute atomic E-state index is 0.0609. The van der Waals surface area contributed by atoms with Crippen LogP contribution < -0.4 is 10.6 Å². The Bertz CT molecular complexity index is 1310. The molecule has 1 aliphatic rings. The van der Waals surface area contributed by atoms with Crippen LogP contribution in [0, 0.1) is 6.92 Å². The van der Waals surface area contributed by atoms with Crippen LogP contribution in [0.4, 0.5) is 16.2 Å². The lowest BCUT2D eigenvalue weighted by molar-refractivity contribution is 0.262. The zero-order chi connectivity index (χ0) is 25.5. The molecule has 190 valence electrons. The van der Waals surface area contributed by atoms with Gasteiger partial charge in [-0.1, -0.05) is 31.8 Å². The van der Waals surface area contributed by atoms with Crippen molar-refractivity contribution < 1.29 is 14.4 Å². The van der Waals surface area contributed by atoms with E-state index in [4.69, 9.17) is 9.63 Å². The van der Waals surface area contributed by atoms with Crippen molar-refractivity contribution in [1.82, 2.24) is 29.7 Å². The van der Waals surface area contributed by atoms with Crippen molar-refractivity contribution in [3.8, 4) is 11.5 Å². The first-order valence-electron chi connectivity index (χ1n) is 12.4. The maximum absolute atomic E-state index is 12.8. The van der Waals surface area contributed by atoms with Crippen LogP contribution in [0.1, 0.15) is 69.0 Å². The summed E-state index contributed by atoms with van der Waals surface area (Å²) in [6.07, 6.45) is 10.5. The van der Waals surface area contributed by atoms with E-state index in [-0.39, 0.29) is 12.6 Å². The number of aryl methyl sites for hydroxylation is 2. The molecule has 4 heterocycles. The molecule has 0 bridgehead atoms. The highest BCUT2D eigenvalue weighted by Gasteiger charge is 2.24. The van der Waals surface area contributed by atoms with E-state index in [0.29, 0.717) is 47.5 Å². The van der Waals surface area contributed by atoms with Crippen LogP contribution >= 0.6 is 0 Å². The zero-order valence-electron chi connectivity index (χ0n) is 20.9. The molecule has 0 radical (unpaired) electrons. The summed E-state index contributed by atoms with van der Waals surface area (Å²) in [7, 11) is 0. The van der Waals surface area contributed by atoms with E-state index in [0.717, 1.165) is 29.7 Å². The molecule has 3 N–H and O–H groups in total. The standard InChI is InChI=1S/C23H26N8O3.C2H6/c1-14-11-16(12-25-20(14)22-29-19(34-30-22)7-4-10-32)27-23(33)28-17-13-24-18-8-9-26-31(18)21(17)15-5-2-3-6-15;1-2/h8-9,11-13,15,32H,2-7,10H2,1H3,(H2,27,28,33);1-2H3. The van der Waals surface area contributed by atoms with Crippen molar-refractivity contribution in [3.05, 3.63) is 47.9 Å². The van der Waals surface area contributed by atoms with Crippen molar-refractivity contribution in [2.75, 3.05) is 17.2 Å². The van der Waals surface area contributed by atoms with Gasteiger partial charge in [-0.2, -0.15) is 10.1 Å². The van der Waals surface area contributed by atoms with Crippen molar-refractivity contribution in [3.63, 3.8) is 0 Å². The van der Waals surface area contributed by atoms with Crippen LogP contribution in [0.3, 0.4) is 0 Å². The first-order valence-corrected chi connectivity index (χ1v) is 12.4. The number of hydrogen-bond acceptors (Lipinski definition) is 8. The molecule has 0 aliphatic heterocycles. The van der Waals surface area contributed by atoms with Gasteiger partial charge in [0, 0.05) is 25.0 Å². The number of nitrogens with one attached hydrogen (secondary N) is 2.